The van der Waals surface area contributed by atoms with E-state index in [1.807, 2.05) is 133 Å². The molecule has 6 heteroatoms. The van der Waals surface area contributed by atoms with Gasteiger partial charge in [-0.15, -0.1) is 0 Å². The van der Waals surface area contributed by atoms with Crippen molar-refractivity contribution in [2.45, 2.75) is 19.3 Å². The molecule has 4 rings (SSSR count). The highest BCUT2D eigenvalue weighted by molar-refractivity contribution is 6.06. The highest BCUT2D eigenvalue weighted by atomic mass is 16.5. The van der Waals surface area contributed by atoms with Gasteiger partial charge in [0, 0.05) is 11.1 Å². The van der Waals surface area contributed by atoms with Crippen LogP contribution in [0.15, 0.2) is 132 Å². The number of carbonyl (C=O) groups excluding carboxylic acids is 2. The fourth-order valence-corrected chi connectivity index (χ4v) is 4.59. The molecule has 0 spiro atoms. The van der Waals surface area contributed by atoms with E-state index in [1.165, 1.54) is 0 Å². The molecule has 0 radical (unpaired) electrons. The van der Waals surface area contributed by atoms with Crippen molar-refractivity contribution < 1.29 is 19.1 Å². The summed E-state index contributed by atoms with van der Waals surface area (Å²) in [4.78, 5) is 25.9. The largest absolute Gasteiger partial charge is 0.462 e. The van der Waals surface area contributed by atoms with Crippen molar-refractivity contribution in [3.8, 4) is 12.1 Å². The molecule has 0 aliphatic rings. The molecule has 0 heterocycles. The van der Waals surface area contributed by atoms with Crippen molar-refractivity contribution in [3.05, 3.63) is 155 Å². The number of benzene rings is 4. The zero-order valence-corrected chi connectivity index (χ0v) is 23.6. The van der Waals surface area contributed by atoms with Crippen molar-refractivity contribution in [3.63, 3.8) is 0 Å². The van der Waals surface area contributed by atoms with E-state index in [0.717, 1.165) is 22.3 Å². The number of esters is 2. The quantitative estimate of drug-likeness (QED) is 0.0772. The maximum Gasteiger partial charge on any atom is 0.349 e. The van der Waals surface area contributed by atoms with Crippen molar-refractivity contribution >= 4 is 23.1 Å². The highest BCUT2D eigenvalue weighted by Crippen LogP contribution is 2.28. The van der Waals surface area contributed by atoms with Gasteiger partial charge in [-0.1, -0.05) is 121 Å². The normalized spacial score (nSPS) is 10.0. The van der Waals surface area contributed by atoms with Crippen LogP contribution >= 0.6 is 0 Å². The van der Waals surface area contributed by atoms with Crippen LogP contribution in [0.2, 0.25) is 0 Å². The molecule has 212 valence electrons. The Morgan fingerprint density at radius 1 is 0.465 bits per heavy atom. The molecule has 43 heavy (non-hydrogen) atoms. The SMILES string of the molecule is N#CC(C(=O)OCCCCCOC(=O)C(C#N)=C(c1ccccc1)c1ccccc1)=C(c1ccccc1)c1ccccc1. The van der Waals surface area contributed by atoms with E-state index >= 15 is 0 Å². The van der Waals surface area contributed by atoms with E-state index in [0.29, 0.717) is 30.4 Å². The first-order chi connectivity index (χ1) is 21.1. The lowest BCUT2D eigenvalue weighted by Crippen LogP contribution is -2.12. The molecule has 0 aliphatic heterocycles. The van der Waals surface area contributed by atoms with Gasteiger partial charge in [-0.2, -0.15) is 10.5 Å². The average molecular weight is 567 g/mol. The van der Waals surface area contributed by atoms with Crippen molar-refractivity contribution in [2.75, 3.05) is 13.2 Å². The molecule has 0 atom stereocenters. The molecular weight excluding hydrogens is 536 g/mol. The fraction of sp³-hybridized carbons (Fsp3) is 0.135. The van der Waals surface area contributed by atoms with Gasteiger partial charge in [0.25, 0.3) is 0 Å². The van der Waals surface area contributed by atoms with E-state index < -0.39 is 11.9 Å². The Labute approximate surface area is 251 Å². The maximum absolute atomic E-state index is 12.9. The summed E-state index contributed by atoms with van der Waals surface area (Å²) in [5.41, 5.74) is 3.91. The van der Waals surface area contributed by atoms with Gasteiger partial charge in [-0.25, -0.2) is 9.59 Å². The summed E-state index contributed by atoms with van der Waals surface area (Å²) in [5, 5.41) is 19.8. The van der Waals surface area contributed by atoms with Gasteiger partial charge < -0.3 is 9.47 Å². The number of hydrogen-bond acceptors (Lipinski definition) is 6. The predicted octanol–water partition coefficient (Wildman–Crippen LogP) is 7.29. The van der Waals surface area contributed by atoms with Crippen LogP contribution in [-0.4, -0.2) is 25.2 Å². The molecule has 0 fully saturated rings. The number of unbranched alkanes of at least 4 members (excludes halogenated alkanes) is 2. The van der Waals surface area contributed by atoms with Crippen LogP contribution in [0.25, 0.3) is 11.1 Å². The average Bonchev–Trinajstić information content (AvgIpc) is 3.06. The summed E-state index contributed by atoms with van der Waals surface area (Å²) in [6.07, 6.45) is 1.66. The first kappa shape index (κ1) is 30.2. The van der Waals surface area contributed by atoms with E-state index in [4.69, 9.17) is 9.47 Å². The van der Waals surface area contributed by atoms with Gasteiger partial charge in [0.2, 0.25) is 0 Å². The van der Waals surface area contributed by atoms with Gasteiger partial charge in [-0.05, 0) is 41.5 Å². The summed E-state index contributed by atoms with van der Waals surface area (Å²) >= 11 is 0. The van der Waals surface area contributed by atoms with Crippen molar-refractivity contribution in [1.29, 1.82) is 10.5 Å². The number of nitriles is 2. The molecule has 0 saturated heterocycles. The van der Waals surface area contributed by atoms with E-state index in [-0.39, 0.29) is 24.4 Å². The van der Waals surface area contributed by atoms with Gasteiger partial charge >= 0.3 is 11.9 Å². The van der Waals surface area contributed by atoms with Gasteiger partial charge in [0.15, 0.2) is 0 Å². The minimum atomic E-state index is -0.685. The number of nitrogens with zero attached hydrogens (tertiary/aromatic N) is 2. The molecule has 0 N–H and O–H groups in total. The molecule has 0 aromatic heterocycles. The Morgan fingerprint density at radius 2 is 0.744 bits per heavy atom. The lowest BCUT2D eigenvalue weighted by atomic mass is 9.93. The molecule has 0 saturated carbocycles. The molecular formula is C37H30N2O4. The molecule has 0 bridgehead atoms. The Hall–Kier alpha value is -5.72. The molecule has 4 aromatic carbocycles. The smallest absolute Gasteiger partial charge is 0.349 e. The van der Waals surface area contributed by atoms with Crippen LogP contribution in [0, 0.1) is 22.7 Å². The van der Waals surface area contributed by atoms with Crippen LogP contribution in [0.1, 0.15) is 41.5 Å². The van der Waals surface area contributed by atoms with Crippen LogP contribution in [0.4, 0.5) is 0 Å². The number of ether oxygens (including phenoxy) is 2. The minimum absolute atomic E-state index is 0.0604. The zero-order valence-electron chi connectivity index (χ0n) is 23.6. The monoisotopic (exact) mass is 566 g/mol. The standard InChI is InChI=1S/C37H30N2O4/c38-26-32(34(28-16-6-1-7-17-28)29-18-8-2-9-19-29)36(40)42-24-14-5-15-25-43-37(41)33(27-39)35(30-20-10-3-11-21-30)31-22-12-4-13-23-31/h1-4,6-13,16-23H,5,14-15,24-25H2. The third-order valence-corrected chi connectivity index (χ3v) is 6.64. The first-order valence-electron chi connectivity index (χ1n) is 14.0. The van der Waals surface area contributed by atoms with Gasteiger partial charge in [-0.3, -0.25) is 0 Å². The molecule has 0 amide bonds. The van der Waals surface area contributed by atoms with Crippen LogP contribution in [-0.2, 0) is 19.1 Å². The fourth-order valence-electron chi connectivity index (χ4n) is 4.59. The summed E-state index contributed by atoms with van der Waals surface area (Å²) in [6.45, 7) is 0.231. The van der Waals surface area contributed by atoms with Crippen molar-refractivity contribution in [2.24, 2.45) is 0 Å². The Balaban J connectivity index is 1.34. The number of rotatable bonds is 12. The summed E-state index contributed by atoms with van der Waals surface area (Å²) in [6, 6.07) is 41.2. The highest BCUT2D eigenvalue weighted by Gasteiger charge is 2.21. The topological polar surface area (TPSA) is 100 Å². The summed E-state index contributed by atoms with van der Waals surface area (Å²) < 4.78 is 10.9. The second-order valence-electron chi connectivity index (χ2n) is 9.52. The molecule has 6 nitrogen and oxygen atoms in total. The number of carbonyl (C=O) groups is 2. The third kappa shape index (κ3) is 8.16. The van der Waals surface area contributed by atoms with Gasteiger partial charge in [0.1, 0.15) is 23.3 Å². The predicted molar refractivity (Wildman–Crippen MR) is 165 cm³/mol. The molecule has 4 aromatic rings. The maximum atomic E-state index is 12.9. The Kier molecular flexibility index (Phi) is 11.2. The second-order valence-corrected chi connectivity index (χ2v) is 9.52. The minimum Gasteiger partial charge on any atom is -0.462 e. The van der Waals surface area contributed by atoms with E-state index in [9.17, 15) is 20.1 Å². The molecule has 0 aliphatic carbocycles. The Morgan fingerprint density at radius 3 is 1.00 bits per heavy atom. The second kappa shape index (κ2) is 15.9. The van der Waals surface area contributed by atoms with E-state index in [1.54, 1.807) is 0 Å². The Bertz CT molecular complexity index is 1460. The molecule has 0 unspecified atom stereocenters. The van der Waals surface area contributed by atoms with E-state index in [2.05, 4.69) is 0 Å². The lowest BCUT2D eigenvalue weighted by Gasteiger charge is -2.12. The third-order valence-electron chi connectivity index (χ3n) is 6.64. The number of hydrogen-bond donors (Lipinski definition) is 0. The van der Waals surface area contributed by atoms with Crippen LogP contribution in [0.3, 0.4) is 0 Å². The zero-order chi connectivity index (χ0) is 30.3. The lowest BCUT2D eigenvalue weighted by molar-refractivity contribution is -0.138. The first-order valence-corrected chi connectivity index (χ1v) is 14.0. The van der Waals surface area contributed by atoms with Crippen LogP contribution < -0.4 is 0 Å². The van der Waals surface area contributed by atoms with Crippen molar-refractivity contribution in [1.82, 2.24) is 0 Å². The summed E-state index contributed by atoms with van der Waals surface area (Å²) in [5.74, 6) is -1.37. The summed E-state index contributed by atoms with van der Waals surface area (Å²) in [7, 11) is 0. The van der Waals surface area contributed by atoms with Crippen LogP contribution in [0.5, 0.6) is 0 Å². The van der Waals surface area contributed by atoms with Gasteiger partial charge in [0.05, 0.1) is 13.2 Å².